The number of hydrogen-bond acceptors (Lipinski definition) is 10. The number of phenolic OH excluding ortho intramolecular Hbond substituents is 1. The summed E-state index contributed by atoms with van der Waals surface area (Å²) in [6.45, 7) is 4.58. The third-order valence-corrected chi connectivity index (χ3v) is 8.47. The van der Waals surface area contributed by atoms with E-state index in [1.807, 2.05) is 19.0 Å². The number of rotatable bonds is 7. The van der Waals surface area contributed by atoms with Crippen LogP contribution in [0, 0.1) is 11.8 Å². The molecule has 4 rings (SSSR count). The number of ketones is 2. The zero-order chi connectivity index (χ0) is 29.1. The number of primary amides is 1. The van der Waals surface area contributed by atoms with Gasteiger partial charge in [0.25, 0.3) is 5.91 Å². The fraction of sp³-hybridized carbons (Fsp3) is 0.536. The Balaban J connectivity index is 1.92. The summed E-state index contributed by atoms with van der Waals surface area (Å²) < 4.78 is 0. The molecule has 1 amide bonds. The van der Waals surface area contributed by atoms with E-state index in [1.165, 1.54) is 11.0 Å². The lowest BCUT2D eigenvalue weighted by atomic mass is 9.58. The SMILES string of the molecule is CC[C@@H](C)NCc1cc(O)c2c(c1N(C)C)C[C@H]1C[C@H]3[C@H](N(C)C)C(O)=C(C(N)=O)C(=O)[C@@]3(O)C(O)=C1C2=O. The van der Waals surface area contributed by atoms with Gasteiger partial charge in [-0.3, -0.25) is 19.3 Å². The zero-order valence-corrected chi connectivity index (χ0v) is 23.2. The van der Waals surface area contributed by atoms with Crippen LogP contribution in [0.4, 0.5) is 5.69 Å². The molecule has 0 unspecified atom stereocenters. The molecule has 3 aliphatic carbocycles. The molecule has 3 aliphatic rings. The minimum absolute atomic E-state index is 0.00627. The van der Waals surface area contributed by atoms with Crippen LogP contribution in [0.25, 0.3) is 0 Å². The second-order valence-electron chi connectivity index (χ2n) is 11.3. The Morgan fingerprint density at radius 2 is 1.85 bits per heavy atom. The van der Waals surface area contributed by atoms with Gasteiger partial charge in [-0.1, -0.05) is 6.92 Å². The molecule has 11 heteroatoms. The number of likely N-dealkylation sites (N-methyl/N-ethyl adjacent to an activating group) is 1. The van der Waals surface area contributed by atoms with Crippen molar-refractivity contribution >= 4 is 23.2 Å². The van der Waals surface area contributed by atoms with Crippen LogP contribution in [-0.2, 0) is 22.6 Å². The van der Waals surface area contributed by atoms with Gasteiger partial charge < -0.3 is 36.4 Å². The molecule has 1 aromatic carbocycles. The number of carbonyl (C=O) groups excluding carboxylic acids is 3. The van der Waals surface area contributed by atoms with E-state index in [0.29, 0.717) is 12.1 Å². The maximum absolute atomic E-state index is 13.9. The maximum atomic E-state index is 13.9. The molecular weight excluding hydrogens is 504 g/mol. The topological polar surface area (TPSA) is 177 Å². The third kappa shape index (κ3) is 4.19. The Morgan fingerprint density at radius 3 is 2.38 bits per heavy atom. The monoisotopic (exact) mass is 542 g/mol. The van der Waals surface area contributed by atoms with E-state index in [1.54, 1.807) is 14.1 Å². The molecule has 212 valence electrons. The number of benzene rings is 1. The Hall–Kier alpha value is -3.41. The number of aliphatic hydroxyl groups is 3. The van der Waals surface area contributed by atoms with E-state index < -0.39 is 58.0 Å². The predicted octanol–water partition coefficient (Wildman–Crippen LogP) is 1.07. The average molecular weight is 543 g/mol. The fourth-order valence-electron chi connectivity index (χ4n) is 6.49. The molecule has 11 nitrogen and oxygen atoms in total. The average Bonchev–Trinajstić information content (AvgIpc) is 2.83. The lowest BCUT2D eigenvalue weighted by Gasteiger charge is -2.50. The first kappa shape index (κ1) is 28.6. The standard InChI is InChI=1S/C28H38N4O7/c1-7-12(2)30-11-14-10-17(33)19-15(21(14)31(3)4)8-13-9-16-22(32(5)6)24(35)20(27(29)38)26(37)28(16,39)25(36)18(13)23(19)34/h10,12-13,16,22,30,33,35-36,39H,7-9,11H2,1-6H3,(H2,29,38)/t12-,13+,16+,22+,28+/m1/s1. The van der Waals surface area contributed by atoms with E-state index in [9.17, 15) is 34.8 Å². The van der Waals surface area contributed by atoms with Gasteiger partial charge in [0.2, 0.25) is 5.78 Å². The molecule has 1 aromatic rings. The Kier molecular flexibility index (Phi) is 7.30. The van der Waals surface area contributed by atoms with Crippen LogP contribution in [-0.4, -0.2) is 88.7 Å². The van der Waals surface area contributed by atoms with Gasteiger partial charge in [-0.05, 0) is 63.4 Å². The van der Waals surface area contributed by atoms with E-state index in [2.05, 4.69) is 19.2 Å². The highest BCUT2D eigenvalue weighted by atomic mass is 16.3. The Bertz CT molecular complexity index is 1320. The van der Waals surface area contributed by atoms with Gasteiger partial charge in [-0.15, -0.1) is 0 Å². The first-order chi connectivity index (χ1) is 18.2. The molecule has 39 heavy (non-hydrogen) atoms. The van der Waals surface area contributed by atoms with E-state index >= 15 is 0 Å². The van der Waals surface area contributed by atoms with E-state index in [4.69, 9.17) is 5.73 Å². The number of aliphatic hydroxyl groups excluding tert-OH is 2. The number of amides is 1. The van der Waals surface area contributed by atoms with Crippen molar-refractivity contribution in [3.8, 4) is 5.75 Å². The van der Waals surface area contributed by atoms with Gasteiger partial charge in [0, 0.05) is 43.9 Å². The van der Waals surface area contributed by atoms with Crippen molar-refractivity contribution in [3.05, 3.63) is 45.4 Å². The molecule has 7 N–H and O–H groups in total. The molecular formula is C28H38N4O7. The largest absolute Gasteiger partial charge is 0.510 e. The minimum atomic E-state index is -2.65. The quantitative estimate of drug-likeness (QED) is 0.273. The van der Waals surface area contributed by atoms with E-state index in [0.717, 1.165) is 17.7 Å². The van der Waals surface area contributed by atoms with Crippen LogP contribution in [0.15, 0.2) is 28.7 Å². The fourth-order valence-corrected chi connectivity index (χ4v) is 6.49. The molecule has 0 bridgehead atoms. The molecule has 0 saturated carbocycles. The lowest BCUT2D eigenvalue weighted by Crippen LogP contribution is -2.63. The van der Waals surface area contributed by atoms with Gasteiger partial charge in [0.05, 0.1) is 11.6 Å². The minimum Gasteiger partial charge on any atom is -0.510 e. The molecule has 0 radical (unpaired) electrons. The van der Waals surface area contributed by atoms with Crippen molar-refractivity contribution in [1.82, 2.24) is 10.2 Å². The summed E-state index contributed by atoms with van der Waals surface area (Å²) in [5, 5.41) is 48.5. The predicted molar refractivity (Wildman–Crippen MR) is 145 cm³/mol. The number of Topliss-reactive ketones (excluding diaryl/α,β-unsaturated/α-hetero) is 2. The second kappa shape index (κ2) is 9.96. The van der Waals surface area contributed by atoms with Crippen molar-refractivity contribution in [2.24, 2.45) is 17.6 Å². The number of carbonyl (C=O) groups is 3. The van der Waals surface area contributed by atoms with Crippen LogP contribution in [0.3, 0.4) is 0 Å². The lowest BCUT2D eigenvalue weighted by molar-refractivity contribution is -0.148. The highest BCUT2D eigenvalue weighted by molar-refractivity contribution is 6.24. The zero-order valence-electron chi connectivity index (χ0n) is 23.2. The van der Waals surface area contributed by atoms with Gasteiger partial charge in [0.15, 0.2) is 11.4 Å². The second-order valence-corrected chi connectivity index (χ2v) is 11.3. The van der Waals surface area contributed by atoms with Crippen LogP contribution in [0.1, 0.15) is 48.2 Å². The number of fused-ring (bicyclic) bond motifs is 3. The summed E-state index contributed by atoms with van der Waals surface area (Å²) in [5.74, 6) is -6.58. The van der Waals surface area contributed by atoms with Gasteiger partial charge >= 0.3 is 0 Å². The molecule has 0 aromatic heterocycles. The molecule has 0 spiro atoms. The summed E-state index contributed by atoms with van der Waals surface area (Å²) >= 11 is 0. The van der Waals surface area contributed by atoms with Gasteiger partial charge in [0.1, 0.15) is 22.8 Å². The molecule has 0 aliphatic heterocycles. The Labute approximate surface area is 227 Å². The summed E-state index contributed by atoms with van der Waals surface area (Å²) in [6.07, 6.45) is 1.21. The number of nitrogens with one attached hydrogen (secondary N) is 1. The molecule has 0 fully saturated rings. The Morgan fingerprint density at radius 1 is 1.21 bits per heavy atom. The first-order valence-electron chi connectivity index (χ1n) is 13.1. The number of hydrogen-bond donors (Lipinski definition) is 6. The third-order valence-electron chi connectivity index (χ3n) is 8.47. The number of allylic oxidation sites excluding steroid dienone is 1. The van der Waals surface area contributed by atoms with Crippen molar-refractivity contribution in [1.29, 1.82) is 0 Å². The smallest absolute Gasteiger partial charge is 0.255 e. The van der Waals surface area contributed by atoms with Crippen LogP contribution in [0.2, 0.25) is 0 Å². The molecule has 5 atom stereocenters. The summed E-state index contributed by atoms with van der Waals surface area (Å²) in [7, 11) is 6.91. The number of phenols is 1. The number of nitrogens with zero attached hydrogens (tertiary/aromatic N) is 2. The highest BCUT2D eigenvalue weighted by Gasteiger charge is 2.63. The van der Waals surface area contributed by atoms with Crippen LogP contribution in [0.5, 0.6) is 5.75 Å². The number of anilines is 1. The number of aromatic hydroxyl groups is 1. The summed E-state index contributed by atoms with van der Waals surface area (Å²) in [5.41, 5.74) is 3.93. The summed E-state index contributed by atoms with van der Waals surface area (Å²) in [6, 6.07) is 0.739. The van der Waals surface area contributed by atoms with Crippen LogP contribution >= 0.6 is 0 Å². The maximum Gasteiger partial charge on any atom is 0.255 e. The van der Waals surface area contributed by atoms with Crippen molar-refractivity contribution in [2.45, 2.75) is 57.3 Å². The van der Waals surface area contributed by atoms with Crippen molar-refractivity contribution < 1.29 is 34.8 Å². The molecule has 0 saturated heterocycles. The van der Waals surface area contributed by atoms with Crippen molar-refractivity contribution in [3.63, 3.8) is 0 Å². The van der Waals surface area contributed by atoms with Gasteiger partial charge in [-0.2, -0.15) is 0 Å². The van der Waals surface area contributed by atoms with Crippen LogP contribution < -0.4 is 16.0 Å². The summed E-state index contributed by atoms with van der Waals surface area (Å²) in [4.78, 5) is 42.8. The van der Waals surface area contributed by atoms with E-state index in [-0.39, 0.29) is 35.8 Å². The normalized spacial score (nSPS) is 27.3. The van der Waals surface area contributed by atoms with Crippen molar-refractivity contribution in [2.75, 3.05) is 33.1 Å². The van der Waals surface area contributed by atoms with Gasteiger partial charge in [-0.25, -0.2) is 0 Å². The molecule has 0 heterocycles. The highest BCUT2D eigenvalue weighted by Crippen LogP contribution is 2.53. The number of nitrogens with two attached hydrogens (primary N) is 1. The first-order valence-corrected chi connectivity index (χ1v) is 13.1.